The lowest BCUT2D eigenvalue weighted by molar-refractivity contribution is 0.415. The number of benzene rings is 1. The van der Waals surface area contributed by atoms with Crippen molar-refractivity contribution in [3.63, 3.8) is 0 Å². The highest BCUT2D eigenvalue weighted by Crippen LogP contribution is 2.29. The molecule has 104 valence electrons. The van der Waals surface area contributed by atoms with E-state index in [0.29, 0.717) is 0 Å². The second-order valence-corrected chi connectivity index (χ2v) is 4.88. The van der Waals surface area contributed by atoms with E-state index in [2.05, 4.69) is 4.98 Å². The molecule has 0 aliphatic heterocycles. The van der Waals surface area contributed by atoms with Crippen molar-refractivity contribution in [2.75, 3.05) is 26.1 Å². The van der Waals surface area contributed by atoms with Crippen LogP contribution in [0.4, 0.5) is 5.88 Å². The number of nitrogens with zero attached hydrogens (tertiary/aromatic N) is 3. The van der Waals surface area contributed by atoms with E-state index in [4.69, 9.17) is 9.15 Å². The second kappa shape index (κ2) is 4.59. The van der Waals surface area contributed by atoms with Crippen LogP contribution in [0.15, 0.2) is 34.7 Å². The number of imidazole rings is 1. The number of furan rings is 1. The Bertz CT molecular complexity index is 756. The number of aromatic nitrogens is 2. The molecule has 0 saturated heterocycles. The Morgan fingerprint density at radius 1 is 1.20 bits per heavy atom. The first-order chi connectivity index (χ1) is 9.60. The number of aryl methyl sites for hydroxylation is 1. The van der Waals surface area contributed by atoms with Crippen LogP contribution in [0, 0.1) is 0 Å². The van der Waals surface area contributed by atoms with Gasteiger partial charge in [-0.25, -0.2) is 4.98 Å². The molecule has 0 aliphatic carbocycles. The first-order valence-corrected chi connectivity index (χ1v) is 6.38. The van der Waals surface area contributed by atoms with Gasteiger partial charge >= 0.3 is 0 Å². The first kappa shape index (κ1) is 12.6. The molecule has 0 saturated carbocycles. The van der Waals surface area contributed by atoms with Gasteiger partial charge in [-0.15, -0.1) is 0 Å². The van der Waals surface area contributed by atoms with E-state index in [1.165, 1.54) is 0 Å². The molecule has 3 rings (SSSR count). The summed E-state index contributed by atoms with van der Waals surface area (Å²) in [5, 5.41) is 0. The van der Waals surface area contributed by atoms with Crippen LogP contribution in [0.5, 0.6) is 5.75 Å². The lowest BCUT2D eigenvalue weighted by Crippen LogP contribution is -2.06. The van der Waals surface area contributed by atoms with Gasteiger partial charge in [0.2, 0.25) is 0 Å². The van der Waals surface area contributed by atoms with Gasteiger partial charge in [0, 0.05) is 33.3 Å². The van der Waals surface area contributed by atoms with Gasteiger partial charge in [0.25, 0.3) is 0 Å². The van der Waals surface area contributed by atoms with Crippen molar-refractivity contribution in [3.05, 3.63) is 30.3 Å². The molecule has 0 atom stereocenters. The minimum absolute atomic E-state index is 0.756. The summed E-state index contributed by atoms with van der Waals surface area (Å²) >= 11 is 0. The Hall–Kier alpha value is -2.43. The maximum atomic E-state index is 5.81. The monoisotopic (exact) mass is 271 g/mol. The molecule has 0 fully saturated rings. The van der Waals surface area contributed by atoms with E-state index in [1.807, 2.05) is 60.9 Å². The van der Waals surface area contributed by atoms with E-state index >= 15 is 0 Å². The zero-order chi connectivity index (χ0) is 14.3. The topological polar surface area (TPSA) is 43.4 Å². The number of hydrogen-bond acceptors (Lipinski definition) is 4. The summed E-state index contributed by atoms with van der Waals surface area (Å²) in [5.41, 5.74) is 1.94. The van der Waals surface area contributed by atoms with Crippen molar-refractivity contribution in [1.82, 2.24) is 9.55 Å². The first-order valence-electron chi connectivity index (χ1n) is 6.38. The van der Waals surface area contributed by atoms with Gasteiger partial charge in [0.1, 0.15) is 5.75 Å². The number of rotatable bonds is 3. The highest BCUT2D eigenvalue weighted by atomic mass is 16.5. The molecular formula is C15H17N3O2. The van der Waals surface area contributed by atoms with Crippen LogP contribution in [0.1, 0.15) is 0 Å². The molecular weight excluding hydrogens is 254 g/mol. The van der Waals surface area contributed by atoms with Crippen LogP contribution in [0.25, 0.3) is 22.6 Å². The average molecular weight is 271 g/mol. The number of ether oxygens (including phenoxy) is 1. The minimum Gasteiger partial charge on any atom is -0.497 e. The Morgan fingerprint density at radius 2 is 2.00 bits per heavy atom. The average Bonchev–Trinajstić information content (AvgIpc) is 3.03. The summed E-state index contributed by atoms with van der Waals surface area (Å²) < 4.78 is 13.1. The van der Waals surface area contributed by atoms with Gasteiger partial charge < -0.3 is 18.6 Å². The lowest BCUT2D eigenvalue weighted by Gasteiger charge is -2.06. The van der Waals surface area contributed by atoms with Gasteiger partial charge in [0.15, 0.2) is 17.5 Å². The van der Waals surface area contributed by atoms with E-state index in [9.17, 15) is 0 Å². The molecule has 0 N–H and O–H groups in total. The van der Waals surface area contributed by atoms with Crippen molar-refractivity contribution in [2.24, 2.45) is 7.05 Å². The Morgan fingerprint density at radius 3 is 2.65 bits per heavy atom. The number of hydrogen-bond donors (Lipinski definition) is 0. The zero-order valence-electron chi connectivity index (χ0n) is 12.0. The summed E-state index contributed by atoms with van der Waals surface area (Å²) in [6.45, 7) is 0. The Balaban J connectivity index is 2.13. The van der Waals surface area contributed by atoms with Crippen LogP contribution < -0.4 is 9.64 Å². The van der Waals surface area contributed by atoms with E-state index in [0.717, 1.165) is 34.3 Å². The van der Waals surface area contributed by atoms with E-state index in [1.54, 1.807) is 7.11 Å². The van der Waals surface area contributed by atoms with Crippen molar-refractivity contribution in [2.45, 2.75) is 0 Å². The molecule has 0 unspecified atom stereocenters. The van der Waals surface area contributed by atoms with Crippen LogP contribution in [-0.4, -0.2) is 30.8 Å². The summed E-state index contributed by atoms with van der Waals surface area (Å²) in [7, 11) is 7.53. The van der Waals surface area contributed by atoms with Crippen LogP contribution in [0.2, 0.25) is 0 Å². The fourth-order valence-electron chi connectivity index (χ4n) is 2.22. The lowest BCUT2D eigenvalue weighted by atomic mass is 10.3. The number of fused-ring (bicyclic) bond motifs is 1. The van der Waals surface area contributed by atoms with Crippen LogP contribution in [0.3, 0.4) is 0 Å². The van der Waals surface area contributed by atoms with E-state index in [-0.39, 0.29) is 0 Å². The van der Waals surface area contributed by atoms with Gasteiger partial charge in [-0.2, -0.15) is 0 Å². The molecule has 2 aromatic heterocycles. The van der Waals surface area contributed by atoms with Gasteiger partial charge in [-0.3, -0.25) is 0 Å². The van der Waals surface area contributed by atoms with Crippen molar-refractivity contribution < 1.29 is 9.15 Å². The Kier molecular flexibility index (Phi) is 2.89. The zero-order valence-corrected chi connectivity index (χ0v) is 12.0. The fourth-order valence-corrected chi connectivity index (χ4v) is 2.22. The molecule has 1 aromatic carbocycles. The third kappa shape index (κ3) is 1.91. The van der Waals surface area contributed by atoms with Gasteiger partial charge in [-0.05, 0) is 18.2 Å². The molecule has 3 aromatic rings. The van der Waals surface area contributed by atoms with Crippen molar-refractivity contribution in [3.8, 4) is 17.3 Å². The van der Waals surface area contributed by atoms with Gasteiger partial charge in [-0.1, -0.05) is 0 Å². The molecule has 5 nitrogen and oxygen atoms in total. The molecule has 0 aliphatic rings. The number of anilines is 1. The standard InChI is InChI=1S/C15H17N3O2/c1-17(2)14-8-7-13(20-14)15-16-11-9-10(19-4)5-6-12(11)18(15)3/h5-9H,1-4H3. The summed E-state index contributed by atoms with van der Waals surface area (Å²) in [4.78, 5) is 6.56. The molecule has 20 heavy (non-hydrogen) atoms. The quantitative estimate of drug-likeness (QED) is 0.734. The minimum atomic E-state index is 0.756. The smallest absolute Gasteiger partial charge is 0.195 e. The predicted molar refractivity (Wildman–Crippen MR) is 79.3 cm³/mol. The highest BCUT2D eigenvalue weighted by Gasteiger charge is 2.14. The maximum absolute atomic E-state index is 5.81. The normalized spacial score (nSPS) is 11.0. The molecule has 0 spiro atoms. The summed E-state index contributed by atoms with van der Waals surface area (Å²) in [6, 6.07) is 9.74. The SMILES string of the molecule is COc1ccc2c(c1)nc(-c1ccc(N(C)C)o1)n2C. The molecule has 2 heterocycles. The molecule has 5 heteroatoms. The van der Waals surface area contributed by atoms with Gasteiger partial charge in [0.05, 0.1) is 18.1 Å². The molecule has 0 radical (unpaired) electrons. The van der Waals surface area contributed by atoms with Crippen molar-refractivity contribution >= 4 is 16.9 Å². The summed E-state index contributed by atoms with van der Waals surface area (Å²) in [6.07, 6.45) is 0. The predicted octanol–water partition coefficient (Wildman–Crippen LogP) is 2.91. The van der Waals surface area contributed by atoms with E-state index < -0.39 is 0 Å². The Labute approximate surface area is 117 Å². The molecule has 0 amide bonds. The van der Waals surface area contributed by atoms with Crippen molar-refractivity contribution in [1.29, 1.82) is 0 Å². The third-order valence-corrected chi connectivity index (χ3v) is 3.34. The second-order valence-electron chi connectivity index (χ2n) is 4.88. The highest BCUT2D eigenvalue weighted by molar-refractivity contribution is 5.81. The fraction of sp³-hybridized carbons (Fsp3) is 0.267. The molecule has 0 bridgehead atoms. The summed E-state index contributed by atoms with van der Waals surface area (Å²) in [5.74, 6) is 3.17. The maximum Gasteiger partial charge on any atom is 0.195 e. The van der Waals surface area contributed by atoms with Crippen LogP contribution in [-0.2, 0) is 7.05 Å². The largest absolute Gasteiger partial charge is 0.497 e. The van der Waals surface area contributed by atoms with Crippen LogP contribution >= 0.6 is 0 Å². The number of methoxy groups -OCH3 is 1. The third-order valence-electron chi connectivity index (χ3n) is 3.34.